The van der Waals surface area contributed by atoms with Crippen molar-refractivity contribution in [1.29, 1.82) is 0 Å². The predicted octanol–water partition coefficient (Wildman–Crippen LogP) is 4.71. The molecule has 0 aliphatic heterocycles. The lowest BCUT2D eigenvalue weighted by atomic mass is 10.1. The Morgan fingerprint density at radius 3 is 2.42 bits per heavy atom. The minimum atomic E-state index is -0.399. The number of hydrazone groups is 1. The molecule has 0 bridgehead atoms. The first-order chi connectivity index (χ1) is 17.3. The minimum Gasteiger partial charge on any atom is -0.427 e. The Kier molecular flexibility index (Phi) is 7.97. The summed E-state index contributed by atoms with van der Waals surface area (Å²) >= 11 is 4.56. The van der Waals surface area contributed by atoms with Gasteiger partial charge in [0.15, 0.2) is 5.16 Å². The maximum atomic E-state index is 13.3. The molecule has 0 saturated carbocycles. The molecule has 8 nitrogen and oxygen atoms in total. The molecule has 0 radical (unpaired) electrons. The Labute approximate surface area is 219 Å². The van der Waals surface area contributed by atoms with Crippen LogP contribution in [0.15, 0.2) is 92.3 Å². The number of rotatable bonds is 7. The molecule has 10 heteroatoms. The Morgan fingerprint density at radius 2 is 1.72 bits per heavy atom. The zero-order valence-electron chi connectivity index (χ0n) is 19.4. The summed E-state index contributed by atoms with van der Waals surface area (Å²) in [4.78, 5) is 41.5. The van der Waals surface area contributed by atoms with E-state index in [0.717, 1.165) is 21.8 Å². The second-order valence-electron chi connectivity index (χ2n) is 7.67. The summed E-state index contributed by atoms with van der Waals surface area (Å²) in [6.07, 6.45) is 0. The normalized spacial score (nSPS) is 11.4. The molecule has 1 N–H and O–H groups in total. The van der Waals surface area contributed by atoms with E-state index in [1.165, 1.54) is 11.5 Å². The van der Waals surface area contributed by atoms with Crippen molar-refractivity contribution >= 4 is 56.2 Å². The van der Waals surface area contributed by atoms with Crippen molar-refractivity contribution < 1.29 is 14.3 Å². The maximum Gasteiger partial charge on any atom is 0.308 e. The molecule has 0 aliphatic rings. The fraction of sp³-hybridized carbons (Fsp3) is 0.115. The Balaban J connectivity index is 1.51. The molecule has 4 aromatic rings. The number of nitrogens with one attached hydrogen (secondary N) is 1. The van der Waals surface area contributed by atoms with Gasteiger partial charge in [-0.15, -0.1) is 0 Å². The average Bonchev–Trinajstić information content (AvgIpc) is 2.87. The van der Waals surface area contributed by atoms with Crippen LogP contribution in [-0.4, -0.2) is 32.9 Å². The molecule has 1 aromatic heterocycles. The van der Waals surface area contributed by atoms with Gasteiger partial charge in [-0.25, -0.2) is 10.4 Å². The van der Waals surface area contributed by atoms with E-state index >= 15 is 0 Å². The van der Waals surface area contributed by atoms with E-state index in [2.05, 4.69) is 31.4 Å². The number of halogens is 1. The SMILES string of the molecule is CC(=O)Oc1ccc(C(C)=NNC(=O)CSc2nc3ccccc3c(=O)n2-c2ccc(Br)cc2)cc1. The second-order valence-corrected chi connectivity index (χ2v) is 9.53. The summed E-state index contributed by atoms with van der Waals surface area (Å²) in [6, 6.07) is 21.2. The molecule has 0 atom stereocenters. The molecule has 0 unspecified atom stereocenters. The molecule has 0 saturated heterocycles. The molecule has 1 heterocycles. The first-order valence-electron chi connectivity index (χ1n) is 10.8. The van der Waals surface area contributed by atoms with E-state index in [9.17, 15) is 14.4 Å². The molecule has 1 amide bonds. The Hall–Kier alpha value is -3.76. The van der Waals surface area contributed by atoms with Crippen LogP contribution >= 0.6 is 27.7 Å². The highest BCUT2D eigenvalue weighted by Crippen LogP contribution is 2.22. The smallest absolute Gasteiger partial charge is 0.308 e. The molecular formula is C26H21BrN4O4S. The highest BCUT2D eigenvalue weighted by atomic mass is 79.9. The zero-order valence-corrected chi connectivity index (χ0v) is 21.8. The lowest BCUT2D eigenvalue weighted by Gasteiger charge is -2.13. The van der Waals surface area contributed by atoms with Gasteiger partial charge in [0.1, 0.15) is 5.75 Å². The number of ether oxygens (including phenoxy) is 1. The van der Waals surface area contributed by atoms with Crippen molar-refractivity contribution in [3.63, 3.8) is 0 Å². The monoisotopic (exact) mass is 564 g/mol. The second kappa shape index (κ2) is 11.3. The molecule has 0 spiro atoms. The molecule has 4 rings (SSSR count). The van der Waals surface area contributed by atoms with Gasteiger partial charge in [-0.2, -0.15) is 5.10 Å². The predicted molar refractivity (Wildman–Crippen MR) is 144 cm³/mol. The minimum absolute atomic E-state index is 0.00345. The van der Waals surface area contributed by atoms with E-state index in [-0.39, 0.29) is 17.2 Å². The van der Waals surface area contributed by atoms with Crippen LogP contribution < -0.4 is 15.7 Å². The maximum absolute atomic E-state index is 13.3. The number of amides is 1. The van der Waals surface area contributed by atoms with Crippen molar-refractivity contribution in [1.82, 2.24) is 15.0 Å². The quantitative estimate of drug-likeness (QED) is 0.0870. The van der Waals surface area contributed by atoms with Gasteiger partial charge < -0.3 is 4.74 Å². The van der Waals surface area contributed by atoms with Gasteiger partial charge in [-0.05, 0) is 73.2 Å². The van der Waals surface area contributed by atoms with E-state index in [1.807, 2.05) is 30.3 Å². The van der Waals surface area contributed by atoms with Crippen LogP contribution in [0.5, 0.6) is 5.75 Å². The van der Waals surface area contributed by atoms with E-state index in [4.69, 9.17) is 4.74 Å². The van der Waals surface area contributed by atoms with Crippen molar-refractivity contribution in [3.05, 3.63) is 93.2 Å². The van der Waals surface area contributed by atoms with Gasteiger partial charge in [-0.1, -0.05) is 39.8 Å². The van der Waals surface area contributed by atoms with Crippen molar-refractivity contribution in [2.75, 3.05) is 5.75 Å². The molecular weight excluding hydrogens is 544 g/mol. The lowest BCUT2D eigenvalue weighted by Crippen LogP contribution is -2.24. The number of aromatic nitrogens is 2. The van der Waals surface area contributed by atoms with Gasteiger partial charge in [0.05, 0.1) is 28.1 Å². The van der Waals surface area contributed by atoms with Gasteiger partial charge >= 0.3 is 5.97 Å². The van der Waals surface area contributed by atoms with Crippen molar-refractivity contribution in [3.8, 4) is 11.4 Å². The number of thioether (sulfide) groups is 1. The lowest BCUT2D eigenvalue weighted by molar-refractivity contribution is -0.131. The molecule has 3 aromatic carbocycles. The standard InChI is InChI=1S/C26H21BrN4O4S/c1-16(18-7-13-21(14-8-18)35-17(2)32)29-30-24(33)15-36-26-28-23-6-4-3-5-22(23)25(34)31(26)20-11-9-19(27)10-12-20/h3-14H,15H2,1-2H3,(H,30,33). The highest BCUT2D eigenvalue weighted by Gasteiger charge is 2.15. The molecule has 36 heavy (non-hydrogen) atoms. The largest absolute Gasteiger partial charge is 0.427 e. The van der Waals surface area contributed by atoms with Gasteiger partial charge in [-0.3, -0.25) is 19.0 Å². The fourth-order valence-corrected chi connectivity index (χ4v) is 4.40. The average molecular weight is 565 g/mol. The zero-order chi connectivity index (χ0) is 25.7. The van der Waals surface area contributed by atoms with Gasteiger partial charge in [0.2, 0.25) is 0 Å². The number of carbonyl (C=O) groups is 2. The van der Waals surface area contributed by atoms with Crippen molar-refractivity contribution in [2.45, 2.75) is 19.0 Å². The van der Waals surface area contributed by atoms with Crippen LogP contribution in [0.2, 0.25) is 0 Å². The number of fused-ring (bicyclic) bond motifs is 1. The number of carbonyl (C=O) groups excluding carboxylic acids is 2. The number of hydrogen-bond donors (Lipinski definition) is 1. The third kappa shape index (κ3) is 6.07. The van der Waals surface area contributed by atoms with Crippen molar-refractivity contribution in [2.24, 2.45) is 5.10 Å². The molecule has 0 fully saturated rings. The van der Waals surface area contributed by atoms with Crippen LogP contribution in [0.4, 0.5) is 0 Å². The summed E-state index contributed by atoms with van der Waals surface area (Å²) < 4.78 is 7.41. The third-order valence-corrected chi connectivity index (χ3v) is 6.51. The van der Waals surface area contributed by atoms with Crippen LogP contribution in [-0.2, 0) is 9.59 Å². The van der Waals surface area contributed by atoms with Crippen LogP contribution in [0.3, 0.4) is 0 Å². The summed E-state index contributed by atoms with van der Waals surface area (Å²) in [5.74, 6) is -0.312. The van der Waals surface area contributed by atoms with E-state index < -0.39 is 5.97 Å². The van der Waals surface area contributed by atoms with Crippen LogP contribution in [0.1, 0.15) is 19.4 Å². The number of nitrogens with zero attached hydrogens (tertiary/aromatic N) is 3. The van der Waals surface area contributed by atoms with E-state index in [0.29, 0.717) is 33.2 Å². The first-order valence-corrected chi connectivity index (χ1v) is 12.6. The molecule has 0 aliphatic carbocycles. The van der Waals surface area contributed by atoms with E-state index in [1.54, 1.807) is 49.4 Å². The Morgan fingerprint density at radius 1 is 1.03 bits per heavy atom. The summed E-state index contributed by atoms with van der Waals surface area (Å²) in [5.41, 5.74) is 4.88. The highest BCUT2D eigenvalue weighted by molar-refractivity contribution is 9.10. The van der Waals surface area contributed by atoms with Crippen LogP contribution in [0.25, 0.3) is 16.6 Å². The number of hydrogen-bond acceptors (Lipinski definition) is 7. The summed E-state index contributed by atoms with van der Waals surface area (Å²) in [7, 11) is 0. The fourth-order valence-electron chi connectivity index (χ4n) is 3.33. The summed E-state index contributed by atoms with van der Waals surface area (Å²) in [6.45, 7) is 3.09. The summed E-state index contributed by atoms with van der Waals surface area (Å²) in [5, 5.41) is 5.05. The van der Waals surface area contributed by atoms with Crippen LogP contribution in [0, 0.1) is 0 Å². The molecule has 182 valence electrons. The number of esters is 1. The first kappa shape index (κ1) is 25.3. The third-order valence-electron chi connectivity index (χ3n) is 5.04. The topological polar surface area (TPSA) is 103 Å². The Bertz CT molecular complexity index is 1520. The van der Waals surface area contributed by atoms with Gasteiger partial charge in [0.25, 0.3) is 11.5 Å². The number of para-hydroxylation sites is 1. The van der Waals surface area contributed by atoms with Gasteiger partial charge in [0, 0.05) is 11.4 Å². The number of benzene rings is 3.